The average Bonchev–Trinajstić information content (AvgIpc) is 2.85. The quantitative estimate of drug-likeness (QED) is 0.805. The van der Waals surface area contributed by atoms with Gasteiger partial charge in [0.25, 0.3) is 11.8 Å². The maximum absolute atomic E-state index is 11.4. The summed E-state index contributed by atoms with van der Waals surface area (Å²) in [5.41, 5.74) is -0.0797. The summed E-state index contributed by atoms with van der Waals surface area (Å²) in [6.45, 7) is 1.63. The van der Waals surface area contributed by atoms with Crippen molar-refractivity contribution in [2.45, 2.75) is 13.0 Å². The number of rotatable bonds is 3. The number of hydrogen-bond donors (Lipinski definition) is 1. The third kappa shape index (κ3) is 1.96. The van der Waals surface area contributed by atoms with E-state index < -0.39 is 23.8 Å². The maximum atomic E-state index is 11.4. The van der Waals surface area contributed by atoms with Crippen LogP contribution >= 0.6 is 11.3 Å². The van der Waals surface area contributed by atoms with E-state index in [1.807, 2.05) is 0 Å². The van der Waals surface area contributed by atoms with E-state index in [2.05, 4.69) is 4.98 Å². The van der Waals surface area contributed by atoms with Crippen LogP contribution < -0.4 is 0 Å². The molecule has 1 N–H and O–H groups in total. The number of aromatic nitrogens is 1. The van der Waals surface area contributed by atoms with E-state index in [1.165, 1.54) is 17.5 Å². The molecule has 0 aliphatic carbocycles. The van der Waals surface area contributed by atoms with Gasteiger partial charge in [-0.15, -0.1) is 11.3 Å². The number of amides is 2. The van der Waals surface area contributed by atoms with Crippen molar-refractivity contribution in [1.82, 2.24) is 9.88 Å². The normalized spacial score (nSPS) is 16.6. The summed E-state index contributed by atoms with van der Waals surface area (Å²) in [6.07, 6.45) is 2.37. The van der Waals surface area contributed by atoms with Gasteiger partial charge in [0.1, 0.15) is 5.01 Å². The molecule has 6 nitrogen and oxygen atoms in total. The minimum atomic E-state index is -1.13. The van der Waals surface area contributed by atoms with E-state index in [4.69, 9.17) is 5.11 Å². The van der Waals surface area contributed by atoms with E-state index in [0.717, 1.165) is 16.2 Å². The number of imide groups is 1. The molecule has 0 radical (unpaired) electrons. The highest BCUT2D eigenvalue weighted by Crippen LogP contribution is 2.26. The van der Waals surface area contributed by atoms with E-state index in [0.29, 0.717) is 5.01 Å². The third-order valence-corrected chi connectivity index (χ3v) is 3.34. The molecule has 1 unspecified atom stereocenters. The van der Waals surface area contributed by atoms with Crippen LogP contribution in [0.1, 0.15) is 28.5 Å². The van der Waals surface area contributed by atoms with Crippen molar-refractivity contribution in [3.05, 3.63) is 28.2 Å². The van der Waals surface area contributed by atoms with Gasteiger partial charge in [-0.25, -0.2) is 9.78 Å². The number of thiazole rings is 1. The maximum Gasteiger partial charge on any atom is 0.355 e. The van der Waals surface area contributed by atoms with Crippen molar-refractivity contribution in [2.24, 2.45) is 0 Å². The minimum Gasteiger partial charge on any atom is -0.476 e. The number of hydrogen-bond acceptors (Lipinski definition) is 5. The number of aromatic carboxylic acids is 1. The predicted octanol–water partition coefficient (Wildman–Crippen LogP) is 0.827. The lowest BCUT2D eigenvalue weighted by molar-refractivity contribution is -0.139. The van der Waals surface area contributed by atoms with E-state index in [1.54, 1.807) is 6.92 Å². The molecular formula is C10H8N2O4S. The van der Waals surface area contributed by atoms with Gasteiger partial charge in [0, 0.05) is 17.5 Å². The molecule has 1 aromatic heterocycles. The van der Waals surface area contributed by atoms with E-state index in [-0.39, 0.29) is 5.69 Å². The largest absolute Gasteiger partial charge is 0.476 e. The first-order chi connectivity index (χ1) is 8.00. The van der Waals surface area contributed by atoms with Crippen LogP contribution in [-0.4, -0.2) is 32.8 Å². The second-order valence-corrected chi connectivity index (χ2v) is 4.32. The zero-order valence-corrected chi connectivity index (χ0v) is 9.60. The molecule has 17 heavy (non-hydrogen) atoms. The Hall–Kier alpha value is -2.02. The fourth-order valence-electron chi connectivity index (χ4n) is 1.48. The van der Waals surface area contributed by atoms with E-state index in [9.17, 15) is 14.4 Å². The lowest BCUT2D eigenvalue weighted by Gasteiger charge is -2.19. The van der Waals surface area contributed by atoms with Crippen molar-refractivity contribution < 1.29 is 19.5 Å². The van der Waals surface area contributed by atoms with Crippen LogP contribution in [0.25, 0.3) is 0 Å². The molecule has 1 aromatic rings. The van der Waals surface area contributed by atoms with Crippen molar-refractivity contribution in [1.29, 1.82) is 0 Å². The summed E-state index contributed by atoms with van der Waals surface area (Å²) in [7, 11) is 0. The fourth-order valence-corrected chi connectivity index (χ4v) is 2.32. The number of carboxylic acid groups (broad SMARTS) is 1. The van der Waals surface area contributed by atoms with Crippen molar-refractivity contribution in [3.8, 4) is 0 Å². The average molecular weight is 252 g/mol. The van der Waals surface area contributed by atoms with E-state index >= 15 is 0 Å². The zero-order valence-electron chi connectivity index (χ0n) is 8.78. The van der Waals surface area contributed by atoms with Gasteiger partial charge >= 0.3 is 5.97 Å². The molecule has 0 fully saturated rings. The Bertz CT molecular complexity index is 516. The first-order valence-electron chi connectivity index (χ1n) is 4.74. The van der Waals surface area contributed by atoms with Crippen LogP contribution in [0.5, 0.6) is 0 Å². The summed E-state index contributed by atoms with van der Waals surface area (Å²) < 4.78 is 0. The highest BCUT2D eigenvalue weighted by molar-refractivity contribution is 7.09. The Morgan fingerprint density at radius 3 is 2.47 bits per heavy atom. The van der Waals surface area contributed by atoms with Gasteiger partial charge in [-0.1, -0.05) is 0 Å². The Kier molecular flexibility index (Phi) is 2.76. The first kappa shape index (κ1) is 11.5. The van der Waals surface area contributed by atoms with Crippen molar-refractivity contribution in [2.75, 3.05) is 0 Å². The van der Waals surface area contributed by atoms with Crippen LogP contribution in [0, 0.1) is 0 Å². The standard InChI is InChI=1S/C10H8N2O4S/c1-5(12-7(13)2-3-8(12)14)9-11-6(4-17-9)10(15)16/h2-5H,1H3,(H,15,16). The van der Waals surface area contributed by atoms with Gasteiger partial charge in [0.15, 0.2) is 5.69 Å². The number of nitrogens with zero attached hydrogens (tertiary/aromatic N) is 2. The zero-order chi connectivity index (χ0) is 12.6. The summed E-state index contributed by atoms with van der Waals surface area (Å²) in [5.74, 6) is -1.94. The molecule has 1 aliphatic rings. The van der Waals surface area contributed by atoms with Gasteiger partial charge in [0.2, 0.25) is 0 Å². The lowest BCUT2D eigenvalue weighted by atomic mass is 10.3. The van der Waals surface area contributed by atoms with Crippen molar-refractivity contribution in [3.63, 3.8) is 0 Å². The SMILES string of the molecule is CC(c1nc(C(=O)O)cs1)N1C(=O)C=CC1=O. The third-order valence-electron chi connectivity index (χ3n) is 2.33. The van der Waals surface area contributed by atoms with Gasteiger partial charge in [0.05, 0.1) is 6.04 Å². The smallest absolute Gasteiger partial charge is 0.355 e. The highest BCUT2D eigenvalue weighted by Gasteiger charge is 2.31. The number of carbonyl (C=O) groups is 3. The molecule has 7 heteroatoms. The second kappa shape index (κ2) is 4.10. The second-order valence-electron chi connectivity index (χ2n) is 3.43. The monoisotopic (exact) mass is 252 g/mol. The van der Waals surface area contributed by atoms with Gasteiger partial charge in [-0.3, -0.25) is 14.5 Å². The molecule has 0 bridgehead atoms. The first-order valence-corrected chi connectivity index (χ1v) is 5.62. The Morgan fingerprint density at radius 2 is 2.00 bits per heavy atom. The topological polar surface area (TPSA) is 87.6 Å². The molecule has 88 valence electrons. The molecule has 2 heterocycles. The number of carbonyl (C=O) groups excluding carboxylic acids is 2. The molecule has 0 spiro atoms. The molecule has 2 rings (SSSR count). The van der Waals surface area contributed by atoms with Crippen LogP contribution in [0.2, 0.25) is 0 Å². The van der Waals surface area contributed by atoms with Crippen LogP contribution in [0.3, 0.4) is 0 Å². The van der Waals surface area contributed by atoms with Gasteiger partial charge in [-0.2, -0.15) is 0 Å². The lowest BCUT2D eigenvalue weighted by Crippen LogP contribution is -2.32. The summed E-state index contributed by atoms with van der Waals surface area (Å²) in [6, 6.07) is -0.553. The fraction of sp³-hybridized carbons (Fsp3) is 0.200. The number of carboxylic acids is 1. The summed E-state index contributed by atoms with van der Waals surface area (Å²) in [4.78, 5) is 38.4. The van der Waals surface area contributed by atoms with Crippen LogP contribution in [-0.2, 0) is 9.59 Å². The molecule has 2 amide bonds. The molecule has 0 saturated carbocycles. The Morgan fingerprint density at radius 1 is 1.41 bits per heavy atom. The molecule has 1 aliphatic heterocycles. The molecule has 1 atom stereocenters. The molecule has 0 aromatic carbocycles. The predicted molar refractivity (Wildman–Crippen MR) is 58.5 cm³/mol. The highest BCUT2D eigenvalue weighted by atomic mass is 32.1. The van der Waals surface area contributed by atoms with Crippen molar-refractivity contribution >= 4 is 29.1 Å². The summed E-state index contributed by atoms with van der Waals surface area (Å²) >= 11 is 1.11. The van der Waals surface area contributed by atoms with Gasteiger partial charge < -0.3 is 5.11 Å². The minimum absolute atomic E-state index is 0.0797. The van der Waals surface area contributed by atoms with Gasteiger partial charge in [-0.05, 0) is 6.92 Å². The Labute approximate surface area is 100 Å². The van der Waals surface area contributed by atoms with Crippen LogP contribution in [0.15, 0.2) is 17.5 Å². The molecular weight excluding hydrogens is 244 g/mol. The summed E-state index contributed by atoms with van der Waals surface area (Å²) in [5, 5.41) is 10.5. The van der Waals surface area contributed by atoms with Crippen LogP contribution in [0.4, 0.5) is 0 Å². The Balaban J connectivity index is 2.25. The molecule has 0 saturated heterocycles.